The van der Waals surface area contributed by atoms with E-state index in [0.29, 0.717) is 5.92 Å². The third kappa shape index (κ3) is 4.71. The van der Waals surface area contributed by atoms with Crippen LogP contribution in [0.4, 0.5) is 0 Å². The molecule has 0 aliphatic carbocycles. The molecule has 1 heteroatoms. The summed E-state index contributed by atoms with van der Waals surface area (Å²) in [6.45, 7) is 8.75. The van der Waals surface area contributed by atoms with Gasteiger partial charge in [-0.1, -0.05) is 69.3 Å². The van der Waals surface area contributed by atoms with Crippen molar-refractivity contribution >= 4 is 0 Å². The van der Waals surface area contributed by atoms with E-state index in [4.69, 9.17) is 0 Å². The first-order chi connectivity index (χ1) is 10.2. The third-order valence-corrected chi connectivity index (χ3v) is 3.67. The molecule has 0 saturated heterocycles. The Labute approximate surface area is 129 Å². The van der Waals surface area contributed by atoms with Crippen molar-refractivity contribution in [2.45, 2.75) is 40.2 Å². The molecule has 0 amide bonds. The van der Waals surface area contributed by atoms with Crippen LogP contribution in [0.25, 0.3) is 11.1 Å². The van der Waals surface area contributed by atoms with Gasteiger partial charge in [0.05, 0.1) is 0 Å². The van der Waals surface area contributed by atoms with Crippen molar-refractivity contribution in [1.82, 2.24) is 5.32 Å². The van der Waals surface area contributed by atoms with Gasteiger partial charge >= 0.3 is 0 Å². The Morgan fingerprint density at radius 1 is 0.952 bits per heavy atom. The highest BCUT2D eigenvalue weighted by molar-refractivity contribution is 5.67. The van der Waals surface area contributed by atoms with Crippen molar-refractivity contribution in [3.8, 4) is 11.1 Å². The van der Waals surface area contributed by atoms with Gasteiger partial charge < -0.3 is 5.32 Å². The molecule has 0 aliphatic heterocycles. The van der Waals surface area contributed by atoms with Crippen molar-refractivity contribution in [3.63, 3.8) is 0 Å². The molecule has 0 heterocycles. The molecule has 0 fully saturated rings. The summed E-state index contributed by atoms with van der Waals surface area (Å²) in [5.74, 6) is 0.710. The predicted octanol–water partition coefficient (Wildman–Crippen LogP) is 5.05. The maximum absolute atomic E-state index is 3.50. The van der Waals surface area contributed by atoms with E-state index >= 15 is 0 Å². The number of benzene rings is 2. The average molecular weight is 281 g/mol. The topological polar surface area (TPSA) is 12.0 Å². The molecule has 0 unspecified atom stereocenters. The molecule has 2 rings (SSSR count). The van der Waals surface area contributed by atoms with E-state index in [9.17, 15) is 0 Å². The highest BCUT2D eigenvalue weighted by Gasteiger charge is 2.05. The quantitative estimate of drug-likeness (QED) is 0.700. The fourth-order valence-electron chi connectivity index (χ4n) is 2.65. The summed E-state index contributed by atoms with van der Waals surface area (Å²) in [5.41, 5.74) is 5.46. The molecule has 112 valence electrons. The molecule has 1 nitrogen and oxygen atoms in total. The van der Waals surface area contributed by atoms with E-state index in [1.807, 2.05) is 0 Å². The van der Waals surface area contributed by atoms with Crippen LogP contribution in [0.2, 0.25) is 0 Å². The first-order valence-electron chi connectivity index (χ1n) is 8.08. The molecule has 0 aliphatic rings. The van der Waals surface area contributed by atoms with Gasteiger partial charge in [-0.25, -0.2) is 0 Å². The van der Waals surface area contributed by atoms with Gasteiger partial charge in [0.15, 0.2) is 0 Å². The summed E-state index contributed by atoms with van der Waals surface area (Å²) in [4.78, 5) is 0. The van der Waals surface area contributed by atoms with E-state index in [-0.39, 0.29) is 0 Å². The highest BCUT2D eigenvalue weighted by Crippen LogP contribution is 2.24. The number of hydrogen-bond acceptors (Lipinski definition) is 1. The molecular formula is C20H27N. The molecule has 0 radical (unpaired) electrons. The molecule has 21 heavy (non-hydrogen) atoms. The van der Waals surface area contributed by atoms with Crippen LogP contribution in [0, 0.1) is 5.92 Å². The Balaban J connectivity index is 2.17. The lowest BCUT2D eigenvalue weighted by Crippen LogP contribution is -2.14. The molecule has 0 bridgehead atoms. The van der Waals surface area contributed by atoms with Crippen LogP contribution >= 0.6 is 0 Å². The molecule has 2 aromatic carbocycles. The van der Waals surface area contributed by atoms with Crippen molar-refractivity contribution in [2.24, 2.45) is 5.92 Å². The summed E-state index contributed by atoms with van der Waals surface area (Å²) in [6, 6.07) is 17.8. The van der Waals surface area contributed by atoms with Crippen molar-refractivity contribution in [2.75, 3.05) is 6.54 Å². The highest BCUT2D eigenvalue weighted by atomic mass is 14.8. The second-order valence-corrected chi connectivity index (χ2v) is 6.13. The van der Waals surface area contributed by atoms with Crippen molar-refractivity contribution in [3.05, 3.63) is 59.7 Å². The van der Waals surface area contributed by atoms with E-state index in [2.05, 4.69) is 74.6 Å². The van der Waals surface area contributed by atoms with Crippen LogP contribution in [0.3, 0.4) is 0 Å². The Hall–Kier alpha value is -1.60. The first kappa shape index (κ1) is 15.8. The van der Waals surface area contributed by atoms with E-state index in [0.717, 1.165) is 19.5 Å². The minimum absolute atomic E-state index is 0.710. The summed E-state index contributed by atoms with van der Waals surface area (Å²) >= 11 is 0. The number of rotatable bonds is 7. The summed E-state index contributed by atoms with van der Waals surface area (Å²) < 4.78 is 0. The van der Waals surface area contributed by atoms with Crippen LogP contribution < -0.4 is 5.32 Å². The standard InChI is InChI=1S/C20H27N/c1-4-13-21-15-19-7-5-6-8-20(19)18-11-9-17(10-12-18)14-16(2)3/h5-12,16,21H,4,13-15H2,1-3H3. The fourth-order valence-corrected chi connectivity index (χ4v) is 2.65. The summed E-state index contributed by atoms with van der Waals surface area (Å²) in [7, 11) is 0. The van der Waals surface area contributed by atoms with Gasteiger partial charge in [-0.15, -0.1) is 0 Å². The normalized spacial score (nSPS) is 11.0. The van der Waals surface area contributed by atoms with Crippen molar-refractivity contribution in [1.29, 1.82) is 0 Å². The Morgan fingerprint density at radius 3 is 2.33 bits per heavy atom. The third-order valence-electron chi connectivity index (χ3n) is 3.67. The lowest BCUT2D eigenvalue weighted by atomic mass is 9.96. The Bertz CT molecular complexity index is 540. The van der Waals surface area contributed by atoms with E-state index in [1.165, 1.54) is 28.7 Å². The van der Waals surface area contributed by atoms with E-state index < -0.39 is 0 Å². The summed E-state index contributed by atoms with van der Waals surface area (Å²) in [6.07, 6.45) is 2.33. The fraction of sp³-hybridized carbons (Fsp3) is 0.400. The zero-order valence-corrected chi connectivity index (χ0v) is 13.5. The van der Waals surface area contributed by atoms with Gasteiger partial charge in [-0.2, -0.15) is 0 Å². The molecule has 1 N–H and O–H groups in total. The molecule has 2 aromatic rings. The minimum Gasteiger partial charge on any atom is -0.313 e. The van der Waals surface area contributed by atoms with Crippen LogP contribution in [-0.2, 0) is 13.0 Å². The smallest absolute Gasteiger partial charge is 0.0211 e. The predicted molar refractivity (Wildman–Crippen MR) is 92.4 cm³/mol. The second-order valence-electron chi connectivity index (χ2n) is 6.13. The van der Waals surface area contributed by atoms with Crippen LogP contribution in [0.1, 0.15) is 38.3 Å². The van der Waals surface area contributed by atoms with Gasteiger partial charge in [0, 0.05) is 6.54 Å². The lowest BCUT2D eigenvalue weighted by molar-refractivity contribution is 0.647. The monoisotopic (exact) mass is 281 g/mol. The Morgan fingerprint density at radius 2 is 1.67 bits per heavy atom. The number of hydrogen-bond donors (Lipinski definition) is 1. The van der Waals surface area contributed by atoms with Crippen LogP contribution in [0.5, 0.6) is 0 Å². The van der Waals surface area contributed by atoms with Crippen molar-refractivity contribution < 1.29 is 0 Å². The molecule has 0 saturated carbocycles. The zero-order chi connectivity index (χ0) is 15.1. The second kappa shape index (κ2) is 7.99. The SMILES string of the molecule is CCCNCc1ccccc1-c1ccc(CC(C)C)cc1. The van der Waals surface area contributed by atoms with E-state index in [1.54, 1.807) is 0 Å². The molecular weight excluding hydrogens is 254 g/mol. The number of nitrogens with one attached hydrogen (secondary N) is 1. The van der Waals surface area contributed by atoms with Gasteiger partial charge in [-0.05, 0) is 47.6 Å². The van der Waals surface area contributed by atoms with Gasteiger partial charge in [-0.3, -0.25) is 0 Å². The average Bonchev–Trinajstić information content (AvgIpc) is 2.48. The Kier molecular flexibility index (Phi) is 6.01. The maximum atomic E-state index is 3.50. The molecule has 0 spiro atoms. The maximum Gasteiger partial charge on any atom is 0.0211 e. The van der Waals surface area contributed by atoms with Gasteiger partial charge in [0.1, 0.15) is 0 Å². The largest absolute Gasteiger partial charge is 0.313 e. The summed E-state index contributed by atoms with van der Waals surface area (Å²) in [5, 5.41) is 3.50. The zero-order valence-electron chi connectivity index (χ0n) is 13.5. The minimum atomic E-state index is 0.710. The lowest BCUT2D eigenvalue weighted by Gasteiger charge is -2.12. The van der Waals surface area contributed by atoms with Gasteiger partial charge in [0.2, 0.25) is 0 Å². The molecule has 0 aromatic heterocycles. The molecule has 0 atom stereocenters. The first-order valence-corrected chi connectivity index (χ1v) is 8.08. The van der Waals surface area contributed by atoms with Crippen LogP contribution in [-0.4, -0.2) is 6.54 Å². The van der Waals surface area contributed by atoms with Crippen LogP contribution in [0.15, 0.2) is 48.5 Å². The van der Waals surface area contributed by atoms with Gasteiger partial charge in [0.25, 0.3) is 0 Å².